The number of rotatable bonds is 1. The zero-order chi connectivity index (χ0) is 10.8. The molecule has 5 nitrogen and oxygen atoms in total. The predicted octanol–water partition coefficient (Wildman–Crippen LogP) is -1.14. The van der Waals surface area contributed by atoms with Crippen LogP contribution in [-0.2, 0) is 20.4 Å². The summed E-state index contributed by atoms with van der Waals surface area (Å²) in [5.74, 6) is 1.18. The Kier molecular flexibility index (Phi) is 3.04. The van der Waals surface area contributed by atoms with Crippen molar-refractivity contribution in [1.82, 2.24) is 10.2 Å². The summed E-state index contributed by atoms with van der Waals surface area (Å²) < 4.78 is 11.2. The van der Waals surface area contributed by atoms with E-state index in [1.165, 1.54) is 0 Å². The summed E-state index contributed by atoms with van der Waals surface area (Å²) in [7, 11) is -0.724. The number of hydrogen-bond acceptors (Lipinski definition) is 3. The van der Waals surface area contributed by atoms with Crippen LogP contribution in [0, 0.1) is 0 Å². The number of nitrogens with zero attached hydrogens (tertiary/aromatic N) is 1. The summed E-state index contributed by atoms with van der Waals surface area (Å²) in [6, 6.07) is 0.112. The van der Waals surface area contributed by atoms with E-state index in [9.17, 15) is 13.8 Å². The molecule has 0 aromatic carbocycles. The standard InChI is InChI=1S/C9H14N2O3S/c12-8-6-11(9(13)5-10-8)7-1-3-15(14)4-2-7/h7H,1-6H2,(H,10,12). The molecule has 2 amide bonds. The molecule has 2 fully saturated rings. The van der Waals surface area contributed by atoms with E-state index in [1.807, 2.05) is 0 Å². The topological polar surface area (TPSA) is 66.5 Å². The molecule has 2 rings (SSSR count). The van der Waals surface area contributed by atoms with Crippen molar-refractivity contribution in [2.24, 2.45) is 0 Å². The molecule has 6 heteroatoms. The van der Waals surface area contributed by atoms with E-state index in [2.05, 4.69) is 5.32 Å². The highest BCUT2D eigenvalue weighted by atomic mass is 32.2. The van der Waals surface area contributed by atoms with Gasteiger partial charge in [0, 0.05) is 28.3 Å². The molecule has 2 aliphatic heterocycles. The molecule has 2 saturated heterocycles. The summed E-state index contributed by atoms with van der Waals surface area (Å²) in [4.78, 5) is 24.4. The van der Waals surface area contributed by atoms with Gasteiger partial charge in [-0.3, -0.25) is 13.8 Å². The van der Waals surface area contributed by atoms with Crippen LogP contribution in [0.5, 0.6) is 0 Å². The van der Waals surface area contributed by atoms with Crippen molar-refractivity contribution in [1.29, 1.82) is 0 Å². The van der Waals surface area contributed by atoms with Gasteiger partial charge in [-0.2, -0.15) is 0 Å². The van der Waals surface area contributed by atoms with E-state index in [4.69, 9.17) is 0 Å². The average Bonchev–Trinajstić information content (AvgIpc) is 2.23. The zero-order valence-corrected chi connectivity index (χ0v) is 9.22. The Morgan fingerprint density at radius 1 is 1.27 bits per heavy atom. The van der Waals surface area contributed by atoms with Crippen LogP contribution in [0.15, 0.2) is 0 Å². The van der Waals surface area contributed by atoms with Gasteiger partial charge in [-0.15, -0.1) is 0 Å². The van der Waals surface area contributed by atoms with Crippen molar-refractivity contribution in [3.63, 3.8) is 0 Å². The number of nitrogens with one attached hydrogen (secondary N) is 1. The van der Waals surface area contributed by atoms with Crippen molar-refractivity contribution in [2.45, 2.75) is 18.9 Å². The molecular formula is C9H14N2O3S. The molecule has 0 bridgehead atoms. The van der Waals surface area contributed by atoms with Gasteiger partial charge in [-0.05, 0) is 12.8 Å². The second-order valence-electron chi connectivity index (χ2n) is 3.88. The van der Waals surface area contributed by atoms with E-state index >= 15 is 0 Å². The van der Waals surface area contributed by atoms with Gasteiger partial charge >= 0.3 is 0 Å². The van der Waals surface area contributed by atoms with E-state index in [0.717, 1.165) is 12.8 Å². The molecule has 2 aliphatic rings. The van der Waals surface area contributed by atoms with Crippen LogP contribution < -0.4 is 5.32 Å². The lowest BCUT2D eigenvalue weighted by Crippen LogP contribution is -2.56. The molecule has 1 N–H and O–H groups in total. The third kappa shape index (κ3) is 2.37. The molecule has 2 heterocycles. The van der Waals surface area contributed by atoms with Gasteiger partial charge in [0.05, 0.1) is 13.1 Å². The van der Waals surface area contributed by atoms with Gasteiger partial charge < -0.3 is 10.2 Å². The minimum Gasteiger partial charge on any atom is -0.345 e. The maximum absolute atomic E-state index is 11.6. The van der Waals surface area contributed by atoms with Gasteiger partial charge in [-0.25, -0.2) is 0 Å². The van der Waals surface area contributed by atoms with E-state index in [1.54, 1.807) is 4.90 Å². The van der Waals surface area contributed by atoms with Crippen molar-refractivity contribution >= 4 is 22.6 Å². The maximum atomic E-state index is 11.6. The second kappa shape index (κ2) is 4.30. The van der Waals surface area contributed by atoms with Crippen LogP contribution >= 0.6 is 0 Å². The predicted molar refractivity (Wildman–Crippen MR) is 55.6 cm³/mol. The second-order valence-corrected chi connectivity index (χ2v) is 5.57. The van der Waals surface area contributed by atoms with Gasteiger partial charge in [0.1, 0.15) is 0 Å². The average molecular weight is 230 g/mol. The number of piperazine rings is 1. The molecular weight excluding hydrogens is 216 g/mol. The first-order chi connectivity index (χ1) is 7.16. The van der Waals surface area contributed by atoms with Crippen LogP contribution in [0.4, 0.5) is 0 Å². The zero-order valence-electron chi connectivity index (χ0n) is 8.40. The number of hydrogen-bond donors (Lipinski definition) is 1. The molecule has 0 aromatic rings. The fraction of sp³-hybridized carbons (Fsp3) is 0.778. The monoisotopic (exact) mass is 230 g/mol. The van der Waals surface area contributed by atoms with Crippen LogP contribution in [-0.4, -0.2) is 51.6 Å². The highest BCUT2D eigenvalue weighted by Gasteiger charge is 2.31. The SMILES string of the molecule is O=C1CN(C2CCS(=O)CC2)C(=O)CN1. The van der Waals surface area contributed by atoms with Crippen molar-refractivity contribution in [2.75, 3.05) is 24.6 Å². The van der Waals surface area contributed by atoms with Gasteiger partial charge in [0.2, 0.25) is 11.8 Å². The van der Waals surface area contributed by atoms with Crippen molar-refractivity contribution in [3.8, 4) is 0 Å². The number of carbonyl (C=O) groups excluding carboxylic acids is 2. The molecule has 0 aromatic heterocycles. The maximum Gasteiger partial charge on any atom is 0.242 e. The van der Waals surface area contributed by atoms with Crippen molar-refractivity contribution < 1.29 is 13.8 Å². The lowest BCUT2D eigenvalue weighted by molar-refractivity contribution is -0.143. The minimum atomic E-state index is -0.724. The summed E-state index contributed by atoms with van der Waals surface area (Å²) in [6.45, 7) is 0.272. The Morgan fingerprint density at radius 3 is 2.60 bits per heavy atom. The van der Waals surface area contributed by atoms with Crippen molar-refractivity contribution in [3.05, 3.63) is 0 Å². The fourth-order valence-electron chi connectivity index (χ4n) is 2.00. The summed E-state index contributed by atoms with van der Waals surface area (Å²) in [6.07, 6.45) is 1.51. The van der Waals surface area contributed by atoms with Crippen LogP contribution in [0.2, 0.25) is 0 Å². The first kappa shape index (κ1) is 10.6. The molecule has 84 valence electrons. The van der Waals surface area contributed by atoms with Gasteiger partial charge in [0.15, 0.2) is 0 Å². The first-order valence-electron chi connectivity index (χ1n) is 5.08. The molecule has 0 atom stereocenters. The molecule has 15 heavy (non-hydrogen) atoms. The lowest BCUT2D eigenvalue weighted by atomic mass is 10.1. The fourth-order valence-corrected chi connectivity index (χ4v) is 3.27. The van der Waals surface area contributed by atoms with Crippen LogP contribution in [0.1, 0.15) is 12.8 Å². The summed E-state index contributed by atoms with van der Waals surface area (Å²) in [5.41, 5.74) is 0. The Bertz CT molecular complexity index is 308. The highest BCUT2D eigenvalue weighted by molar-refractivity contribution is 7.85. The third-order valence-corrected chi connectivity index (χ3v) is 4.25. The van der Waals surface area contributed by atoms with E-state index in [-0.39, 0.29) is 30.9 Å². The van der Waals surface area contributed by atoms with Crippen LogP contribution in [0.25, 0.3) is 0 Å². The Hall–Kier alpha value is -0.910. The molecule has 0 radical (unpaired) electrons. The molecule has 0 aliphatic carbocycles. The van der Waals surface area contributed by atoms with Gasteiger partial charge in [0.25, 0.3) is 0 Å². The minimum absolute atomic E-state index is 0.0210. The number of carbonyl (C=O) groups is 2. The van der Waals surface area contributed by atoms with E-state index in [0.29, 0.717) is 11.5 Å². The Labute approximate surface area is 90.7 Å². The molecule has 0 spiro atoms. The quantitative estimate of drug-likeness (QED) is 0.619. The van der Waals surface area contributed by atoms with Crippen LogP contribution in [0.3, 0.4) is 0 Å². The summed E-state index contributed by atoms with van der Waals surface area (Å²) in [5, 5.41) is 2.52. The molecule has 0 unspecified atom stereocenters. The Balaban J connectivity index is 1.99. The number of amides is 2. The normalized spacial score (nSPS) is 32.7. The van der Waals surface area contributed by atoms with Gasteiger partial charge in [-0.1, -0.05) is 0 Å². The van der Waals surface area contributed by atoms with E-state index < -0.39 is 10.8 Å². The Morgan fingerprint density at radius 2 is 1.93 bits per heavy atom. The molecule has 0 saturated carbocycles. The largest absolute Gasteiger partial charge is 0.345 e. The lowest BCUT2D eigenvalue weighted by Gasteiger charge is -2.36. The third-order valence-electron chi connectivity index (χ3n) is 2.87. The highest BCUT2D eigenvalue weighted by Crippen LogP contribution is 2.17. The summed E-state index contributed by atoms with van der Waals surface area (Å²) >= 11 is 0. The first-order valence-corrected chi connectivity index (χ1v) is 6.57. The smallest absolute Gasteiger partial charge is 0.242 e.